The minimum atomic E-state index is -0.398. The zero-order valence-corrected chi connectivity index (χ0v) is 10.2. The molecule has 1 aromatic heterocycles. The fraction of sp³-hybridized carbons (Fsp3) is 0.500. The molecule has 1 amide bonds. The summed E-state index contributed by atoms with van der Waals surface area (Å²) < 4.78 is 0.733. The van der Waals surface area contributed by atoms with E-state index in [0.29, 0.717) is 6.54 Å². The van der Waals surface area contributed by atoms with E-state index >= 15 is 0 Å². The van der Waals surface area contributed by atoms with E-state index in [9.17, 15) is 4.79 Å². The summed E-state index contributed by atoms with van der Waals surface area (Å²) in [5.41, 5.74) is 5.66. The molecule has 1 heterocycles. The number of hydrogen-bond donors (Lipinski definition) is 2. The minimum absolute atomic E-state index is 0.0960. The van der Waals surface area contributed by atoms with Crippen LogP contribution in [0.3, 0.4) is 0 Å². The summed E-state index contributed by atoms with van der Waals surface area (Å²) in [6.07, 6.45) is 1.64. The molecule has 0 radical (unpaired) electrons. The lowest BCUT2D eigenvalue weighted by atomic mass is 10.2. The summed E-state index contributed by atoms with van der Waals surface area (Å²) in [5, 5.41) is 2.78. The SMILES string of the molecule is CCCC(N)C(=O)NCc1ccc(Cl)s1. The van der Waals surface area contributed by atoms with Crippen LogP contribution in [0.1, 0.15) is 24.6 Å². The van der Waals surface area contributed by atoms with Gasteiger partial charge in [0.25, 0.3) is 0 Å². The van der Waals surface area contributed by atoms with Crippen molar-refractivity contribution in [1.29, 1.82) is 0 Å². The number of amides is 1. The van der Waals surface area contributed by atoms with Gasteiger partial charge >= 0.3 is 0 Å². The van der Waals surface area contributed by atoms with Crippen LogP contribution in [0, 0.1) is 0 Å². The van der Waals surface area contributed by atoms with Gasteiger partial charge in [0.05, 0.1) is 16.9 Å². The summed E-state index contributed by atoms with van der Waals surface area (Å²) in [6, 6.07) is 3.32. The molecule has 0 bridgehead atoms. The number of thiophene rings is 1. The summed E-state index contributed by atoms with van der Waals surface area (Å²) in [7, 11) is 0. The molecule has 0 spiro atoms. The van der Waals surface area contributed by atoms with Crippen LogP contribution < -0.4 is 11.1 Å². The fourth-order valence-electron chi connectivity index (χ4n) is 1.19. The lowest BCUT2D eigenvalue weighted by Gasteiger charge is -2.09. The molecule has 0 aliphatic heterocycles. The molecule has 1 aromatic rings. The van der Waals surface area contributed by atoms with E-state index in [4.69, 9.17) is 17.3 Å². The topological polar surface area (TPSA) is 55.1 Å². The highest BCUT2D eigenvalue weighted by Gasteiger charge is 2.11. The Kier molecular flexibility index (Phi) is 5.08. The second kappa shape index (κ2) is 6.10. The van der Waals surface area contributed by atoms with E-state index in [2.05, 4.69) is 5.32 Å². The van der Waals surface area contributed by atoms with Crippen molar-refractivity contribution in [3.05, 3.63) is 21.3 Å². The zero-order valence-electron chi connectivity index (χ0n) is 8.63. The standard InChI is InChI=1S/C10H15ClN2OS/c1-2-3-8(12)10(14)13-6-7-4-5-9(11)15-7/h4-5,8H,2-3,6,12H2,1H3,(H,13,14). The van der Waals surface area contributed by atoms with E-state index < -0.39 is 6.04 Å². The smallest absolute Gasteiger partial charge is 0.237 e. The Balaban J connectivity index is 2.34. The van der Waals surface area contributed by atoms with Gasteiger partial charge in [-0.05, 0) is 18.6 Å². The first-order valence-electron chi connectivity index (χ1n) is 4.91. The van der Waals surface area contributed by atoms with Crippen LogP contribution in [0.5, 0.6) is 0 Å². The van der Waals surface area contributed by atoms with E-state index in [1.54, 1.807) is 0 Å². The molecule has 0 saturated heterocycles. The second-order valence-corrected chi connectivity index (χ2v) is 5.12. The lowest BCUT2D eigenvalue weighted by molar-refractivity contribution is -0.122. The third-order valence-corrected chi connectivity index (χ3v) is 3.23. The number of nitrogens with one attached hydrogen (secondary N) is 1. The summed E-state index contributed by atoms with van der Waals surface area (Å²) in [5.74, 6) is -0.0960. The van der Waals surface area contributed by atoms with Crippen molar-refractivity contribution in [1.82, 2.24) is 5.32 Å². The Morgan fingerprint density at radius 3 is 2.93 bits per heavy atom. The first kappa shape index (κ1) is 12.5. The van der Waals surface area contributed by atoms with E-state index in [-0.39, 0.29) is 5.91 Å². The molecule has 0 aliphatic carbocycles. The molecule has 0 aliphatic rings. The van der Waals surface area contributed by atoms with Gasteiger partial charge in [-0.15, -0.1) is 11.3 Å². The molecule has 1 atom stereocenters. The van der Waals surface area contributed by atoms with Gasteiger partial charge in [0.15, 0.2) is 0 Å². The van der Waals surface area contributed by atoms with Gasteiger partial charge in [-0.1, -0.05) is 24.9 Å². The average molecular weight is 247 g/mol. The predicted octanol–water partition coefficient (Wildman–Crippen LogP) is 2.15. The minimum Gasteiger partial charge on any atom is -0.350 e. The van der Waals surface area contributed by atoms with E-state index in [1.165, 1.54) is 11.3 Å². The zero-order chi connectivity index (χ0) is 11.3. The number of carbonyl (C=O) groups excluding carboxylic acids is 1. The van der Waals surface area contributed by atoms with Gasteiger partial charge in [0.1, 0.15) is 0 Å². The number of nitrogens with two attached hydrogens (primary N) is 1. The van der Waals surface area contributed by atoms with Crippen LogP contribution in [0.4, 0.5) is 0 Å². The molecule has 0 fully saturated rings. The van der Waals surface area contributed by atoms with Crippen LogP contribution in [0.25, 0.3) is 0 Å². The van der Waals surface area contributed by atoms with Crippen molar-refractivity contribution in [2.75, 3.05) is 0 Å². The molecule has 0 aromatic carbocycles. The average Bonchev–Trinajstić information content (AvgIpc) is 2.61. The molecule has 1 rings (SSSR count). The maximum absolute atomic E-state index is 11.4. The quantitative estimate of drug-likeness (QED) is 0.837. The van der Waals surface area contributed by atoms with Crippen molar-refractivity contribution in [2.45, 2.75) is 32.4 Å². The molecule has 15 heavy (non-hydrogen) atoms. The maximum Gasteiger partial charge on any atom is 0.237 e. The highest BCUT2D eigenvalue weighted by molar-refractivity contribution is 7.16. The van der Waals surface area contributed by atoms with Gasteiger partial charge in [0.2, 0.25) is 5.91 Å². The highest BCUT2D eigenvalue weighted by atomic mass is 35.5. The van der Waals surface area contributed by atoms with Crippen molar-refractivity contribution < 1.29 is 4.79 Å². The monoisotopic (exact) mass is 246 g/mol. The summed E-state index contributed by atoms with van der Waals surface area (Å²) in [4.78, 5) is 12.5. The maximum atomic E-state index is 11.4. The Morgan fingerprint density at radius 1 is 1.67 bits per heavy atom. The molecule has 0 saturated carbocycles. The molecule has 84 valence electrons. The molecule has 3 N–H and O–H groups in total. The van der Waals surface area contributed by atoms with Gasteiger partial charge in [-0.25, -0.2) is 0 Å². The van der Waals surface area contributed by atoms with Crippen molar-refractivity contribution in [2.24, 2.45) is 5.73 Å². The Bertz CT molecular complexity index is 327. The molecular formula is C10H15ClN2OS. The van der Waals surface area contributed by atoms with Gasteiger partial charge in [0, 0.05) is 4.88 Å². The van der Waals surface area contributed by atoms with E-state index in [0.717, 1.165) is 22.1 Å². The molecule has 1 unspecified atom stereocenters. The number of carbonyl (C=O) groups is 1. The van der Waals surface area contributed by atoms with Crippen molar-refractivity contribution >= 4 is 28.8 Å². The van der Waals surface area contributed by atoms with E-state index in [1.807, 2.05) is 19.1 Å². The van der Waals surface area contributed by atoms with Gasteiger partial charge in [-0.2, -0.15) is 0 Å². The predicted molar refractivity (Wildman–Crippen MR) is 64.1 cm³/mol. The van der Waals surface area contributed by atoms with Crippen molar-refractivity contribution in [3.8, 4) is 0 Å². The normalized spacial score (nSPS) is 12.5. The fourth-order valence-corrected chi connectivity index (χ4v) is 2.22. The van der Waals surface area contributed by atoms with Crippen LogP contribution in [-0.4, -0.2) is 11.9 Å². The number of halogens is 1. The first-order chi connectivity index (χ1) is 7.13. The van der Waals surface area contributed by atoms with Crippen LogP contribution in [0.2, 0.25) is 4.34 Å². The summed E-state index contributed by atoms with van der Waals surface area (Å²) >= 11 is 7.23. The molecular weight excluding hydrogens is 232 g/mol. The molecule has 3 nitrogen and oxygen atoms in total. The number of hydrogen-bond acceptors (Lipinski definition) is 3. The third kappa shape index (κ3) is 4.20. The first-order valence-corrected chi connectivity index (χ1v) is 6.10. The van der Waals surface area contributed by atoms with Gasteiger partial charge in [-0.3, -0.25) is 4.79 Å². The largest absolute Gasteiger partial charge is 0.350 e. The number of rotatable bonds is 5. The van der Waals surface area contributed by atoms with Crippen LogP contribution >= 0.6 is 22.9 Å². The lowest BCUT2D eigenvalue weighted by Crippen LogP contribution is -2.39. The van der Waals surface area contributed by atoms with Crippen LogP contribution in [-0.2, 0) is 11.3 Å². The van der Waals surface area contributed by atoms with Crippen molar-refractivity contribution in [3.63, 3.8) is 0 Å². The Morgan fingerprint density at radius 2 is 2.40 bits per heavy atom. The van der Waals surface area contributed by atoms with Crippen LogP contribution in [0.15, 0.2) is 12.1 Å². The van der Waals surface area contributed by atoms with Gasteiger partial charge < -0.3 is 11.1 Å². The molecule has 5 heteroatoms. The summed E-state index contributed by atoms with van der Waals surface area (Å²) in [6.45, 7) is 2.51. The Hall–Kier alpha value is -0.580. The third-order valence-electron chi connectivity index (χ3n) is 2.00. The Labute approximate surface area is 98.6 Å². The second-order valence-electron chi connectivity index (χ2n) is 3.32. The highest BCUT2D eigenvalue weighted by Crippen LogP contribution is 2.20.